The van der Waals surface area contributed by atoms with Gasteiger partial charge in [-0.1, -0.05) is 23.7 Å². The van der Waals surface area contributed by atoms with Crippen molar-refractivity contribution in [3.8, 4) is 11.5 Å². The summed E-state index contributed by atoms with van der Waals surface area (Å²) in [6, 6.07) is 13.9. The smallest absolute Gasteiger partial charge is 0.329 e. The van der Waals surface area contributed by atoms with Crippen molar-refractivity contribution in [2.24, 2.45) is 12.1 Å². The number of hydrazone groups is 1. The Labute approximate surface area is 204 Å². The van der Waals surface area contributed by atoms with Crippen molar-refractivity contribution in [2.75, 3.05) is 19.1 Å². The summed E-state index contributed by atoms with van der Waals surface area (Å²) in [5.41, 5.74) is 2.59. The Balaban J connectivity index is 1.58. The number of aliphatic hydroxyl groups is 1. The van der Waals surface area contributed by atoms with Gasteiger partial charge >= 0.3 is 5.69 Å². The topological polar surface area (TPSA) is 136 Å². The molecule has 0 fully saturated rings. The van der Waals surface area contributed by atoms with Gasteiger partial charge in [0, 0.05) is 12.1 Å². The number of nitrogens with zero attached hydrogens (tertiary/aromatic N) is 4. The van der Waals surface area contributed by atoms with Crippen molar-refractivity contribution in [3.63, 3.8) is 0 Å². The minimum absolute atomic E-state index is 0.0489. The number of H-pyrrole nitrogens is 1. The van der Waals surface area contributed by atoms with Crippen LogP contribution in [0.1, 0.15) is 5.56 Å². The molecule has 2 aromatic heterocycles. The summed E-state index contributed by atoms with van der Waals surface area (Å²) in [6.07, 6.45) is 0.541. The van der Waals surface area contributed by atoms with Crippen LogP contribution in [0.2, 0.25) is 5.02 Å². The van der Waals surface area contributed by atoms with Gasteiger partial charge in [-0.3, -0.25) is 14.3 Å². The maximum atomic E-state index is 12.6. The number of hydrogen-bond donors (Lipinski definition) is 3. The van der Waals surface area contributed by atoms with E-state index in [4.69, 9.17) is 21.1 Å². The van der Waals surface area contributed by atoms with Crippen LogP contribution in [0.5, 0.6) is 11.5 Å². The highest BCUT2D eigenvalue weighted by Crippen LogP contribution is 2.19. The summed E-state index contributed by atoms with van der Waals surface area (Å²) in [5.74, 6) is 1.40. The molecule has 35 heavy (non-hydrogen) atoms. The van der Waals surface area contributed by atoms with E-state index in [2.05, 4.69) is 20.5 Å². The Morgan fingerprint density at radius 1 is 1.17 bits per heavy atom. The van der Waals surface area contributed by atoms with E-state index < -0.39 is 17.4 Å². The fourth-order valence-electron chi connectivity index (χ4n) is 3.34. The van der Waals surface area contributed by atoms with Crippen molar-refractivity contribution in [3.05, 3.63) is 80.0 Å². The molecule has 4 aromatic rings. The standard InChI is InChI=1S/C23H23ClN6O5/c1-29-20-19(21(32)27-23(29)33)30(12-16(31)13-35-18-9-7-17(34-2)8-10-18)22(26-20)28-25-11-14-3-5-15(24)6-4-14/h3-11,16,31H,12-13H2,1-2H3,(H,26,28)(H,27,32,33)/b25-11-/t16-/m0/s1. The number of anilines is 1. The molecular formula is C23H23ClN6O5. The number of benzene rings is 2. The molecule has 0 spiro atoms. The predicted octanol–water partition coefficient (Wildman–Crippen LogP) is 1.97. The lowest BCUT2D eigenvalue weighted by Gasteiger charge is -2.15. The zero-order chi connectivity index (χ0) is 24.9. The lowest BCUT2D eigenvalue weighted by atomic mass is 10.2. The van der Waals surface area contributed by atoms with Crippen molar-refractivity contribution in [2.45, 2.75) is 12.6 Å². The number of ether oxygens (including phenoxy) is 2. The molecule has 0 saturated heterocycles. The van der Waals surface area contributed by atoms with E-state index in [-0.39, 0.29) is 30.3 Å². The fourth-order valence-corrected chi connectivity index (χ4v) is 3.46. The molecular weight excluding hydrogens is 476 g/mol. The third-order valence-electron chi connectivity index (χ3n) is 5.15. The summed E-state index contributed by atoms with van der Waals surface area (Å²) in [4.78, 5) is 31.3. The molecule has 182 valence electrons. The summed E-state index contributed by atoms with van der Waals surface area (Å²) in [6.45, 7) is -0.101. The maximum Gasteiger partial charge on any atom is 0.329 e. The van der Waals surface area contributed by atoms with Gasteiger partial charge in [0.25, 0.3) is 5.56 Å². The quantitative estimate of drug-likeness (QED) is 0.237. The Morgan fingerprint density at radius 2 is 1.86 bits per heavy atom. The zero-order valence-corrected chi connectivity index (χ0v) is 19.7. The van der Waals surface area contributed by atoms with Crippen LogP contribution in [0, 0.1) is 0 Å². The summed E-state index contributed by atoms with van der Waals surface area (Å²) < 4.78 is 13.4. The number of aliphatic hydroxyl groups excluding tert-OH is 1. The Morgan fingerprint density at radius 3 is 2.54 bits per heavy atom. The van der Waals surface area contributed by atoms with Crippen LogP contribution in [0.15, 0.2) is 63.2 Å². The number of rotatable bonds is 9. The largest absolute Gasteiger partial charge is 0.497 e. The fraction of sp³-hybridized carbons (Fsp3) is 0.217. The van der Waals surface area contributed by atoms with Crippen molar-refractivity contribution < 1.29 is 14.6 Å². The Kier molecular flexibility index (Phi) is 7.18. The molecule has 2 heterocycles. The van der Waals surface area contributed by atoms with E-state index in [0.717, 1.165) is 5.56 Å². The molecule has 4 rings (SSSR count). The highest BCUT2D eigenvalue weighted by molar-refractivity contribution is 6.30. The molecule has 3 N–H and O–H groups in total. The molecule has 0 unspecified atom stereocenters. The molecule has 0 aliphatic heterocycles. The number of imidazole rings is 1. The van der Waals surface area contributed by atoms with Crippen LogP contribution < -0.4 is 26.1 Å². The number of aromatic amines is 1. The maximum absolute atomic E-state index is 12.6. The van der Waals surface area contributed by atoms with Crippen LogP contribution >= 0.6 is 11.6 Å². The molecule has 0 radical (unpaired) electrons. The number of aromatic nitrogens is 4. The molecule has 0 bridgehead atoms. The van der Waals surface area contributed by atoms with Crippen molar-refractivity contribution in [1.82, 2.24) is 19.1 Å². The second kappa shape index (κ2) is 10.5. The van der Waals surface area contributed by atoms with Gasteiger partial charge in [-0.05, 0) is 42.0 Å². The highest BCUT2D eigenvalue weighted by atomic mass is 35.5. The minimum atomic E-state index is -1.01. The molecule has 0 aliphatic rings. The predicted molar refractivity (Wildman–Crippen MR) is 133 cm³/mol. The first-order chi connectivity index (χ1) is 16.9. The van der Waals surface area contributed by atoms with E-state index in [0.29, 0.717) is 16.5 Å². The van der Waals surface area contributed by atoms with Gasteiger partial charge in [-0.2, -0.15) is 10.1 Å². The summed E-state index contributed by atoms with van der Waals surface area (Å²) >= 11 is 5.90. The van der Waals surface area contributed by atoms with E-state index in [1.165, 1.54) is 16.2 Å². The molecule has 2 aromatic carbocycles. The van der Waals surface area contributed by atoms with Gasteiger partial charge in [0.05, 0.1) is 19.9 Å². The first-order valence-corrected chi connectivity index (χ1v) is 10.9. The third kappa shape index (κ3) is 5.53. The number of fused-ring (bicyclic) bond motifs is 1. The molecule has 11 nitrogen and oxygen atoms in total. The van der Waals surface area contributed by atoms with Gasteiger partial charge in [-0.25, -0.2) is 10.2 Å². The van der Waals surface area contributed by atoms with Gasteiger partial charge < -0.3 is 19.1 Å². The van der Waals surface area contributed by atoms with Crippen LogP contribution in [0.25, 0.3) is 11.2 Å². The van der Waals surface area contributed by atoms with Crippen molar-refractivity contribution >= 4 is 34.9 Å². The Bertz CT molecular complexity index is 1460. The van der Waals surface area contributed by atoms with E-state index in [1.807, 2.05) is 0 Å². The zero-order valence-electron chi connectivity index (χ0n) is 18.9. The van der Waals surface area contributed by atoms with Gasteiger partial charge in [-0.15, -0.1) is 0 Å². The van der Waals surface area contributed by atoms with Crippen LogP contribution in [-0.4, -0.2) is 50.2 Å². The van der Waals surface area contributed by atoms with Gasteiger partial charge in [0.1, 0.15) is 24.2 Å². The van der Waals surface area contributed by atoms with E-state index >= 15 is 0 Å². The van der Waals surface area contributed by atoms with Crippen LogP contribution in [0.4, 0.5) is 5.95 Å². The number of hydrogen-bond acceptors (Lipinski definition) is 8. The van der Waals surface area contributed by atoms with Crippen LogP contribution in [-0.2, 0) is 13.6 Å². The molecule has 0 aliphatic carbocycles. The van der Waals surface area contributed by atoms with Crippen molar-refractivity contribution in [1.29, 1.82) is 0 Å². The molecule has 12 heteroatoms. The normalized spacial score (nSPS) is 12.2. The van der Waals surface area contributed by atoms with Gasteiger partial charge in [0.2, 0.25) is 5.95 Å². The molecule has 0 saturated carbocycles. The average Bonchev–Trinajstić information content (AvgIpc) is 3.21. The number of methoxy groups -OCH3 is 1. The summed E-state index contributed by atoms with van der Waals surface area (Å²) in [5, 5.41) is 15.4. The van der Waals surface area contributed by atoms with Crippen LogP contribution in [0.3, 0.4) is 0 Å². The van der Waals surface area contributed by atoms with Gasteiger partial charge in [0.15, 0.2) is 11.2 Å². The van der Waals surface area contributed by atoms with E-state index in [9.17, 15) is 14.7 Å². The SMILES string of the molecule is COc1ccc(OC[C@@H](O)Cn2c(N/N=C\c3ccc(Cl)cc3)nc3c2c(=O)[nH]c(=O)n3C)cc1. The molecule has 0 amide bonds. The number of nitrogens with one attached hydrogen (secondary N) is 2. The highest BCUT2D eigenvalue weighted by Gasteiger charge is 2.20. The van der Waals surface area contributed by atoms with E-state index in [1.54, 1.807) is 61.9 Å². The summed E-state index contributed by atoms with van der Waals surface area (Å²) in [7, 11) is 3.06. The average molecular weight is 499 g/mol. The third-order valence-corrected chi connectivity index (χ3v) is 5.40. The second-order valence-electron chi connectivity index (χ2n) is 7.60. The molecule has 1 atom stereocenters. The number of aryl methyl sites for hydroxylation is 1. The first kappa shape index (κ1) is 24.0. The number of halogens is 1. The minimum Gasteiger partial charge on any atom is -0.497 e. The lowest BCUT2D eigenvalue weighted by molar-refractivity contribution is 0.0938. The first-order valence-electron chi connectivity index (χ1n) is 10.5. The lowest BCUT2D eigenvalue weighted by Crippen LogP contribution is -2.30. The monoisotopic (exact) mass is 498 g/mol. The second-order valence-corrected chi connectivity index (χ2v) is 8.03. The Hall–Kier alpha value is -4.09.